The molecule has 0 saturated heterocycles. The van der Waals surface area contributed by atoms with E-state index in [2.05, 4.69) is 12.2 Å². The van der Waals surface area contributed by atoms with Crippen LogP contribution in [0.5, 0.6) is 0 Å². The van der Waals surface area contributed by atoms with Crippen LogP contribution in [-0.2, 0) is 19.0 Å². The fourth-order valence-electron chi connectivity index (χ4n) is 1.53. The van der Waals surface area contributed by atoms with Gasteiger partial charge in [-0.3, -0.25) is 4.79 Å². The predicted molar refractivity (Wildman–Crippen MR) is 70.6 cm³/mol. The van der Waals surface area contributed by atoms with Crippen molar-refractivity contribution in [2.45, 2.75) is 39.2 Å². The molecule has 1 atom stereocenters. The SMILES string of the molecule is CCCNC(C)(CCOCCOCC)C(=O)OC. The van der Waals surface area contributed by atoms with Crippen LogP contribution in [0.4, 0.5) is 0 Å². The molecule has 0 heterocycles. The predicted octanol–water partition coefficient (Wildman–Crippen LogP) is 1.36. The van der Waals surface area contributed by atoms with Crippen LogP contribution in [0.2, 0.25) is 0 Å². The summed E-state index contributed by atoms with van der Waals surface area (Å²) in [4.78, 5) is 11.7. The Balaban J connectivity index is 3.97. The summed E-state index contributed by atoms with van der Waals surface area (Å²) in [7, 11) is 1.41. The molecule has 108 valence electrons. The Kier molecular flexibility index (Phi) is 9.92. The molecule has 0 bridgehead atoms. The average Bonchev–Trinajstić information content (AvgIpc) is 2.39. The zero-order chi connectivity index (χ0) is 13.9. The van der Waals surface area contributed by atoms with Crippen molar-refractivity contribution >= 4 is 5.97 Å². The van der Waals surface area contributed by atoms with Crippen molar-refractivity contribution < 1.29 is 19.0 Å². The molecule has 5 nitrogen and oxygen atoms in total. The lowest BCUT2D eigenvalue weighted by atomic mass is 9.98. The van der Waals surface area contributed by atoms with E-state index in [4.69, 9.17) is 14.2 Å². The number of carbonyl (C=O) groups is 1. The van der Waals surface area contributed by atoms with Crippen LogP contribution in [0.25, 0.3) is 0 Å². The first-order chi connectivity index (χ1) is 8.60. The van der Waals surface area contributed by atoms with E-state index in [-0.39, 0.29) is 5.97 Å². The number of hydrogen-bond acceptors (Lipinski definition) is 5. The Hall–Kier alpha value is -0.650. The van der Waals surface area contributed by atoms with Gasteiger partial charge in [-0.05, 0) is 33.2 Å². The van der Waals surface area contributed by atoms with Crippen molar-refractivity contribution in [3.05, 3.63) is 0 Å². The van der Waals surface area contributed by atoms with E-state index in [9.17, 15) is 4.79 Å². The van der Waals surface area contributed by atoms with Gasteiger partial charge >= 0.3 is 5.97 Å². The van der Waals surface area contributed by atoms with Crippen molar-refractivity contribution in [3.8, 4) is 0 Å². The number of carbonyl (C=O) groups excluding carboxylic acids is 1. The molecule has 18 heavy (non-hydrogen) atoms. The monoisotopic (exact) mass is 261 g/mol. The van der Waals surface area contributed by atoms with Crippen molar-refractivity contribution in [1.82, 2.24) is 5.32 Å². The van der Waals surface area contributed by atoms with Gasteiger partial charge in [-0.15, -0.1) is 0 Å². The highest BCUT2D eigenvalue weighted by Crippen LogP contribution is 2.12. The highest BCUT2D eigenvalue weighted by atomic mass is 16.5. The Morgan fingerprint density at radius 2 is 1.83 bits per heavy atom. The minimum Gasteiger partial charge on any atom is -0.468 e. The lowest BCUT2D eigenvalue weighted by Crippen LogP contribution is -2.51. The van der Waals surface area contributed by atoms with Gasteiger partial charge in [-0.1, -0.05) is 6.92 Å². The lowest BCUT2D eigenvalue weighted by Gasteiger charge is -2.27. The number of hydrogen-bond donors (Lipinski definition) is 1. The van der Waals surface area contributed by atoms with E-state index in [1.54, 1.807) is 0 Å². The summed E-state index contributed by atoms with van der Waals surface area (Å²) in [6.07, 6.45) is 1.56. The van der Waals surface area contributed by atoms with Gasteiger partial charge in [0.15, 0.2) is 0 Å². The maximum Gasteiger partial charge on any atom is 0.325 e. The minimum absolute atomic E-state index is 0.246. The molecule has 0 aromatic heterocycles. The molecule has 1 N–H and O–H groups in total. The van der Waals surface area contributed by atoms with E-state index >= 15 is 0 Å². The summed E-state index contributed by atoms with van der Waals surface area (Å²) < 4.78 is 15.4. The molecule has 0 spiro atoms. The fourth-order valence-corrected chi connectivity index (χ4v) is 1.53. The molecule has 1 unspecified atom stereocenters. The van der Waals surface area contributed by atoms with Crippen LogP contribution < -0.4 is 5.32 Å². The van der Waals surface area contributed by atoms with E-state index in [0.717, 1.165) is 13.0 Å². The normalized spacial score (nSPS) is 14.2. The van der Waals surface area contributed by atoms with Crippen LogP contribution in [0, 0.1) is 0 Å². The summed E-state index contributed by atoms with van der Waals surface area (Å²) >= 11 is 0. The Labute approximate surface area is 110 Å². The van der Waals surface area contributed by atoms with E-state index < -0.39 is 5.54 Å². The van der Waals surface area contributed by atoms with E-state index in [0.29, 0.717) is 32.8 Å². The van der Waals surface area contributed by atoms with Crippen LogP contribution >= 0.6 is 0 Å². The largest absolute Gasteiger partial charge is 0.468 e. The number of esters is 1. The first-order valence-electron chi connectivity index (χ1n) is 6.59. The average molecular weight is 261 g/mol. The summed E-state index contributed by atoms with van der Waals surface area (Å²) in [5.74, 6) is -0.246. The van der Waals surface area contributed by atoms with Gasteiger partial charge in [0.05, 0.1) is 20.3 Å². The molecule has 0 rings (SSSR count). The zero-order valence-corrected chi connectivity index (χ0v) is 12.1. The highest BCUT2D eigenvalue weighted by Gasteiger charge is 2.33. The fraction of sp³-hybridized carbons (Fsp3) is 0.923. The second-order valence-corrected chi connectivity index (χ2v) is 4.31. The molecule has 0 saturated carbocycles. The third-order valence-electron chi connectivity index (χ3n) is 2.72. The van der Waals surface area contributed by atoms with Crippen molar-refractivity contribution in [2.75, 3.05) is 40.1 Å². The van der Waals surface area contributed by atoms with Crippen LogP contribution in [0.15, 0.2) is 0 Å². The van der Waals surface area contributed by atoms with Gasteiger partial charge in [0.2, 0.25) is 0 Å². The molecule has 5 heteroatoms. The van der Waals surface area contributed by atoms with Crippen molar-refractivity contribution in [2.24, 2.45) is 0 Å². The summed E-state index contributed by atoms with van der Waals surface area (Å²) in [5.41, 5.74) is -0.670. The Morgan fingerprint density at radius 3 is 2.39 bits per heavy atom. The molecular formula is C13H27NO4. The summed E-state index contributed by atoms with van der Waals surface area (Å²) in [6.45, 7) is 8.99. The molecular weight excluding hydrogens is 234 g/mol. The first-order valence-corrected chi connectivity index (χ1v) is 6.59. The van der Waals surface area contributed by atoms with Gasteiger partial charge in [0.25, 0.3) is 0 Å². The summed E-state index contributed by atoms with van der Waals surface area (Å²) in [6, 6.07) is 0. The van der Waals surface area contributed by atoms with E-state index in [1.165, 1.54) is 7.11 Å². The maximum atomic E-state index is 11.7. The molecule has 0 fully saturated rings. The number of ether oxygens (including phenoxy) is 3. The molecule has 0 radical (unpaired) electrons. The molecule has 0 aromatic carbocycles. The maximum absolute atomic E-state index is 11.7. The quantitative estimate of drug-likeness (QED) is 0.449. The Bertz CT molecular complexity index is 223. The lowest BCUT2D eigenvalue weighted by molar-refractivity contribution is -0.148. The van der Waals surface area contributed by atoms with Gasteiger partial charge < -0.3 is 19.5 Å². The first kappa shape index (κ1) is 17.4. The van der Waals surface area contributed by atoms with E-state index in [1.807, 2.05) is 13.8 Å². The number of methoxy groups -OCH3 is 1. The molecule has 0 amide bonds. The number of rotatable bonds is 11. The molecule has 0 aliphatic rings. The van der Waals surface area contributed by atoms with Crippen LogP contribution in [-0.4, -0.2) is 51.6 Å². The van der Waals surface area contributed by atoms with Crippen LogP contribution in [0.1, 0.15) is 33.6 Å². The van der Waals surface area contributed by atoms with Crippen LogP contribution in [0.3, 0.4) is 0 Å². The van der Waals surface area contributed by atoms with Gasteiger partial charge in [0.1, 0.15) is 5.54 Å². The van der Waals surface area contributed by atoms with Crippen molar-refractivity contribution in [1.29, 1.82) is 0 Å². The second kappa shape index (κ2) is 10.3. The van der Waals surface area contributed by atoms with Gasteiger partial charge in [0, 0.05) is 13.2 Å². The van der Waals surface area contributed by atoms with Crippen molar-refractivity contribution in [3.63, 3.8) is 0 Å². The Morgan fingerprint density at radius 1 is 1.17 bits per heavy atom. The third kappa shape index (κ3) is 6.93. The minimum atomic E-state index is -0.670. The summed E-state index contributed by atoms with van der Waals surface area (Å²) in [5, 5.41) is 3.21. The standard InChI is InChI=1S/C13H27NO4/c1-5-8-14-13(3,12(15)16-4)7-9-18-11-10-17-6-2/h14H,5-11H2,1-4H3. The number of nitrogens with one attached hydrogen (secondary N) is 1. The van der Waals surface area contributed by atoms with Gasteiger partial charge in [-0.25, -0.2) is 0 Å². The van der Waals surface area contributed by atoms with Gasteiger partial charge in [-0.2, -0.15) is 0 Å². The third-order valence-corrected chi connectivity index (χ3v) is 2.72. The molecule has 0 aromatic rings. The molecule has 0 aliphatic carbocycles. The topological polar surface area (TPSA) is 56.8 Å². The second-order valence-electron chi connectivity index (χ2n) is 4.31. The zero-order valence-electron chi connectivity index (χ0n) is 12.1. The highest BCUT2D eigenvalue weighted by molar-refractivity contribution is 5.80. The molecule has 0 aliphatic heterocycles. The smallest absolute Gasteiger partial charge is 0.325 e.